The number of benzene rings is 2. The van der Waals surface area contributed by atoms with Crippen LogP contribution in [0.3, 0.4) is 0 Å². The Labute approximate surface area is 153 Å². The summed E-state index contributed by atoms with van der Waals surface area (Å²) in [5, 5.41) is 3.53. The molecule has 2 aromatic carbocycles. The first-order valence-corrected chi connectivity index (χ1v) is 9.27. The lowest BCUT2D eigenvalue weighted by Crippen LogP contribution is -2.46. The lowest BCUT2D eigenvalue weighted by molar-refractivity contribution is 0.0426. The molecule has 2 aromatic rings. The number of nitrogens with one attached hydrogen (secondary N) is 1. The predicted molar refractivity (Wildman–Crippen MR) is 100 cm³/mol. The molecular formula is C21H24N2O3. The van der Waals surface area contributed by atoms with Crippen molar-refractivity contribution in [3.05, 3.63) is 59.7 Å². The summed E-state index contributed by atoms with van der Waals surface area (Å²) in [7, 11) is 0. The number of amides is 1. The van der Waals surface area contributed by atoms with Gasteiger partial charge >= 0.3 is 0 Å². The number of hydrogen-bond donors (Lipinski definition) is 1. The number of anilines is 1. The van der Waals surface area contributed by atoms with Crippen molar-refractivity contribution in [2.45, 2.75) is 32.0 Å². The first-order valence-electron chi connectivity index (χ1n) is 9.27. The van der Waals surface area contributed by atoms with E-state index in [0.29, 0.717) is 18.7 Å². The fourth-order valence-corrected chi connectivity index (χ4v) is 3.69. The van der Waals surface area contributed by atoms with Gasteiger partial charge in [0.05, 0.1) is 18.3 Å². The number of carbonyl (C=O) groups excluding carboxylic acids is 1. The summed E-state index contributed by atoms with van der Waals surface area (Å²) < 4.78 is 11.4. The zero-order valence-electron chi connectivity index (χ0n) is 15.0. The van der Waals surface area contributed by atoms with E-state index < -0.39 is 0 Å². The average molecular weight is 352 g/mol. The number of fused-ring (bicyclic) bond motifs is 1. The van der Waals surface area contributed by atoms with Crippen LogP contribution in [0.2, 0.25) is 0 Å². The van der Waals surface area contributed by atoms with Crippen LogP contribution in [0.1, 0.15) is 41.9 Å². The van der Waals surface area contributed by atoms with Crippen molar-refractivity contribution in [1.82, 2.24) is 4.90 Å². The Morgan fingerprint density at radius 1 is 1.23 bits per heavy atom. The normalized spacial score (nSPS) is 22.0. The second-order valence-corrected chi connectivity index (χ2v) is 6.69. The summed E-state index contributed by atoms with van der Waals surface area (Å²) in [6, 6.07) is 15.6. The second-order valence-electron chi connectivity index (χ2n) is 6.69. The highest BCUT2D eigenvalue weighted by Crippen LogP contribution is 2.35. The van der Waals surface area contributed by atoms with Crippen molar-refractivity contribution < 1.29 is 14.3 Å². The molecule has 0 aromatic heterocycles. The summed E-state index contributed by atoms with van der Waals surface area (Å²) in [5.74, 6) is 0.858. The molecule has 1 saturated heterocycles. The molecule has 0 saturated carbocycles. The molecule has 2 heterocycles. The lowest BCUT2D eigenvalue weighted by Gasteiger charge is -2.39. The molecular weight excluding hydrogens is 328 g/mol. The molecule has 2 aliphatic heterocycles. The number of hydrogen-bond acceptors (Lipinski definition) is 4. The standard InChI is InChI=1S/C21H24N2O3/c1-2-25-16-8-5-7-15(13-16)20-22-19-11-4-3-10-18(19)21(24)23(20)14-17-9-6-12-26-17/h3-5,7-8,10-11,13,17,20,22H,2,6,9,12,14H2,1H3. The summed E-state index contributed by atoms with van der Waals surface area (Å²) in [5.41, 5.74) is 2.59. The van der Waals surface area contributed by atoms with Gasteiger partial charge in [0.2, 0.25) is 0 Å². The molecule has 4 rings (SSSR count). The first-order chi connectivity index (χ1) is 12.8. The van der Waals surface area contributed by atoms with Crippen molar-refractivity contribution in [3.8, 4) is 5.75 Å². The van der Waals surface area contributed by atoms with Crippen LogP contribution in [0.4, 0.5) is 5.69 Å². The molecule has 0 radical (unpaired) electrons. The number of rotatable bonds is 5. The van der Waals surface area contributed by atoms with Gasteiger partial charge in [-0.1, -0.05) is 24.3 Å². The van der Waals surface area contributed by atoms with Gasteiger partial charge in [0.15, 0.2) is 0 Å². The zero-order valence-corrected chi connectivity index (χ0v) is 15.0. The second kappa shape index (κ2) is 7.38. The molecule has 5 nitrogen and oxygen atoms in total. The van der Waals surface area contributed by atoms with Gasteiger partial charge in [-0.3, -0.25) is 4.79 Å². The van der Waals surface area contributed by atoms with Crippen LogP contribution >= 0.6 is 0 Å². The minimum Gasteiger partial charge on any atom is -0.494 e. The van der Waals surface area contributed by atoms with Crippen LogP contribution in [0.25, 0.3) is 0 Å². The van der Waals surface area contributed by atoms with Gasteiger partial charge in [0.25, 0.3) is 5.91 Å². The van der Waals surface area contributed by atoms with Gasteiger partial charge in [0, 0.05) is 18.8 Å². The highest BCUT2D eigenvalue weighted by Gasteiger charge is 2.35. The average Bonchev–Trinajstić information content (AvgIpc) is 3.18. The van der Waals surface area contributed by atoms with E-state index in [9.17, 15) is 4.79 Å². The van der Waals surface area contributed by atoms with Crippen LogP contribution in [0.15, 0.2) is 48.5 Å². The fraction of sp³-hybridized carbons (Fsp3) is 0.381. The molecule has 5 heteroatoms. The number of ether oxygens (including phenoxy) is 2. The van der Waals surface area contributed by atoms with E-state index in [-0.39, 0.29) is 18.2 Å². The van der Waals surface area contributed by atoms with E-state index in [1.807, 2.05) is 60.4 Å². The minimum atomic E-state index is -0.234. The van der Waals surface area contributed by atoms with Crippen molar-refractivity contribution in [1.29, 1.82) is 0 Å². The molecule has 2 atom stereocenters. The van der Waals surface area contributed by atoms with Crippen LogP contribution in [0.5, 0.6) is 5.75 Å². The van der Waals surface area contributed by atoms with E-state index in [1.165, 1.54) is 0 Å². The molecule has 0 bridgehead atoms. The third-order valence-corrected chi connectivity index (χ3v) is 4.93. The highest BCUT2D eigenvalue weighted by atomic mass is 16.5. The molecule has 2 unspecified atom stereocenters. The number of para-hydroxylation sites is 1. The van der Waals surface area contributed by atoms with E-state index in [0.717, 1.165) is 36.4 Å². The molecule has 1 amide bonds. The molecule has 0 spiro atoms. The Morgan fingerprint density at radius 3 is 2.92 bits per heavy atom. The predicted octanol–water partition coefficient (Wildman–Crippen LogP) is 3.83. The summed E-state index contributed by atoms with van der Waals surface area (Å²) >= 11 is 0. The molecule has 1 fully saturated rings. The van der Waals surface area contributed by atoms with Crippen molar-refractivity contribution in [3.63, 3.8) is 0 Å². The SMILES string of the molecule is CCOc1cccc(C2Nc3ccccc3C(=O)N2CC2CCCO2)c1. The van der Waals surface area contributed by atoms with Gasteiger partial charge < -0.3 is 19.7 Å². The maximum absolute atomic E-state index is 13.2. The lowest BCUT2D eigenvalue weighted by atomic mass is 10.0. The van der Waals surface area contributed by atoms with Crippen molar-refractivity contribution in [2.24, 2.45) is 0 Å². The number of carbonyl (C=O) groups is 1. The summed E-state index contributed by atoms with van der Waals surface area (Å²) in [6.45, 7) is 3.95. The van der Waals surface area contributed by atoms with Gasteiger partial charge in [0.1, 0.15) is 11.9 Å². The topological polar surface area (TPSA) is 50.8 Å². The quantitative estimate of drug-likeness (QED) is 0.888. The van der Waals surface area contributed by atoms with Crippen molar-refractivity contribution in [2.75, 3.05) is 25.1 Å². The maximum atomic E-state index is 13.2. The van der Waals surface area contributed by atoms with Gasteiger partial charge in [-0.05, 0) is 49.6 Å². The zero-order chi connectivity index (χ0) is 17.9. The molecule has 0 aliphatic carbocycles. The maximum Gasteiger partial charge on any atom is 0.257 e. The Bertz CT molecular complexity index is 786. The van der Waals surface area contributed by atoms with Crippen LogP contribution in [-0.2, 0) is 4.74 Å². The molecule has 2 aliphatic rings. The summed E-state index contributed by atoms with van der Waals surface area (Å²) in [4.78, 5) is 15.1. The van der Waals surface area contributed by atoms with Gasteiger partial charge in [-0.2, -0.15) is 0 Å². The Kier molecular flexibility index (Phi) is 4.80. The largest absolute Gasteiger partial charge is 0.494 e. The van der Waals surface area contributed by atoms with Gasteiger partial charge in [-0.25, -0.2) is 0 Å². The highest BCUT2D eigenvalue weighted by molar-refractivity contribution is 6.01. The van der Waals surface area contributed by atoms with E-state index in [2.05, 4.69) is 5.32 Å². The minimum absolute atomic E-state index is 0.0432. The van der Waals surface area contributed by atoms with Crippen LogP contribution < -0.4 is 10.1 Å². The third-order valence-electron chi connectivity index (χ3n) is 4.93. The fourth-order valence-electron chi connectivity index (χ4n) is 3.69. The molecule has 136 valence electrons. The smallest absolute Gasteiger partial charge is 0.257 e. The van der Waals surface area contributed by atoms with Crippen LogP contribution in [-0.4, -0.2) is 36.7 Å². The Balaban J connectivity index is 1.69. The monoisotopic (exact) mass is 352 g/mol. The molecule has 26 heavy (non-hydrogen) atoms. The molecule has 1 N–H and O–H groups in total. The Morgan fingerprint density at radius 2 is 2.12 bits per heavy atom. The van der Waals surface area contributed by atoms with Crippen molar-refractivity contribution >= 4 is 11.6 Å². The van der Waals surface area contributed by atoms with Crippen LogP contribution in [0, 0.1) is 0 Å². The van der Waals surface area contributed by atoms with Gasteiger partial charge in [-0.15, -0.1) is 0 Å². The first kappa shape index (κ1) is 16.9. The Hall–Kier alpha value is -2.53. The number of nitrogens with zero attached hydrogens (tertiary/aromatic N) is 1. The van der Waals surface area contributed by atoms with E-state index in [1.54, 1.807) is 0 Å². The third kappa shape index (κ3) is 3.27. The summed E-state index contributed by atoms with van der Waals surface area (Å²) in [6.07, 6.45) is 1.92. The van der Waals surface area contributed by atoms with E-state index in [4.69, 9.17) is 9.47 Å². The van der Waals surface area contributed by atoms with E-state index >= 15 is 0 Å².